The average Bonchev–Trinajstić information content (AvgIpc) is 2.41. The Morgan fingerprint density at radius 1 is 1.50 bits per heavy atom. The Hall–Kier alpha value is -0.590. The van der Waals surface area contributed by atoms with E-state index in [0.29, 0.717) is 17.6 Å². The number of fused-ring (bicyclic) bond motifs is 1. The van der Waals surface area contributed by atoms with Gasteiger partial charge in [-0.25, -0.2) is 0 Å². The Kier molecular flexibility index (Phi) is 1.19. The molecule has 0 aromatic carbocycles. The zero-order valence-corrected chi connectivity index (χ0v) is 6.21. The molecule has 2 aliphatic carbocycles. The molecule has 1 fully saturated rings. The van der Waals surface area contributed by atoms with Crippen molar-refractivity contribution in [3.63, 3.8) is 0 Å². The van der Waals surface area contributed by atoms with Gasteiger partial charge in [0, 0.05) is 5.92 Å². The summed E-state index contributed by atoms with van der Waals surface area (Å²) in [6.07, 6.45) is 6.23. The van der Waals surface area contributed by atoms with Crippen LogP contribution in [0, 0.1) is 17.8 Å². The average molecular weight is 136 g/mol. The van der Waals surface area contributed by atoms with Crippen molar-refractivity contribution in [1.29, 1.82) is 0 Å². The maximum atomic E-state index is 11.1. The van der Waals surface area contributed by atoms with Crippen molar-refractivity contribution in [2.75, 3.05) is 0 Å². The van der Waals surface area contributed by atoms with E-state index in [2.05, 4.69) is 13.0 Å². The fourth-order valence-electron chi connectivity index (χ4n) is 2.21. The number of allylic oxidation sites excluding steroid dienone is 2. The predicted molar refractivity (Wildman–Crippen MR) is 39.5 cm³/mol. The lowest BCUT2D eigenvalue weighted by molar-refractivity contribution is -0.117. The molecule has 2 aliphatic rings. The zero-order chi connectivity index (χ0) is 7.14. The van der Waals surface area contributed by atoms with E-state index in [4.69, 9.17) is 0 Å². The molecule has 1 heteroatoms. The van der Waals surface area contributed by atoms with Crippen LogP contribution >= 0.6 is 0 Å². The van der Waals surface area contributed by atoms with E-state index in [1.54, 1.807) is 6.08 Å². The van der Waals surface area contributed by atoms with Crippen LogP contribution in [0.3, 0.4) is 0 Å². The summed E-state index contributed by atoms with van der Waals surface area (Å²) >= 11 is 0. The van der Waals surface area contributed by atoms with Gasteiger partial charge in [0.05, 0.1) is 0 Å². The summed E-state index contributed by atoms with van der Waals surface area (Å²) < 4.78 is 0. The van der Waals surface area contributed by atoms with E-state index in [1.165, 1.54) is 6.42 Å². The van der Waals surface area contributed by atoms with Crippen LogP contribution in [0.5, 0.6) is 0 Å². The molecule has 0 spiro atoms. The number of hydrogen-bond donors (Lipinski definition) is 0. The second-order valence-corrected chi connectivity index (χ2v) is 3.50. The van der Waals surface area contributed by atoms with Crippen molar-refractivity contribution in [2.24, 2.45) is 17.8 Å². The third kappa shape index (κ3) is 0.664. The smallest absolute Gasteiger partial charge is 0.159 e. The quantitative estimate of drug-likeness (QED) is 0.496. The Morgan fingerprint density at radius 3 is 3.00 bits per heavy atom. The molecule has 0 unspecified atom stereocenters. The molecule has 0 aromatic heterocycles. The highest BCUT2D eigenvalue weighted by Gasteiger charge is 2.38. The van der Waals surface area contributed by atoms with Crippen molar-refractivity contribution < 1.29 is 4.79 Å². The summed E-state index contributed by atoms with van der Waals surface area (Å²) in [7, 11) is 0. The van der Waals surface area contributed by atoms with Crippen molar-refractivity contribution in [1.82, 2.24) is 0 Å². The first-order chi connectivity index (χ1) is 4.79. The lowest BCUT2D eigenvalue weighted by atomic mass is 9.94. The van der Waals surface area contributed by atoms with Crippen LogP contribution in [-0.2, 0) is 4.79 Å². The number of ketones is 1. The first kappa shape index (κ1) is 6.14. The summed E-state index contributed by atoms with van der Waals surface area (Å²) in [5.74, 6) is 2.07. The summed E-state index contributed by atoms with van der Waals surface area (Å²) in [5.41, 5.74) is 0. The van der Waals surface area contributed by atoms with Gasteiger partial charge < -0.3 is 0 Å². The molecule has 1 saturated carbocycles. The molecule has 10 heavy (non-hydrogen) atoms. The van der Waals surface area contributed by atoms with Crippen molar-refractivity contribution in [3.8, 4) is 0 Å². The molecule has 0 N–H and O–H groups in total. The van der Waals surface area contributed by atoms with E-state index in [1.807, 2.05) is 0 Å². The molecule has 0 heterocycles. The Balaban J connectivity index is 2.24. The molecular weight excluding hydrogens is 124 g/mol. The highest BCUT2D eigenvalue weighted by Crippen LogP contribution is 2.41. The van der Waals surface area contributed by atoms with Gasteiger partial charge in [0.25, 0.3) is 0 Å². The van der Waals surface area contributed by atoms with E-state index < -0.39 is 0 Å². The van der Waals surface area contributed by atoms with Crippen LogP contribution in [0.2, 0.25) is 0 Å². The summed E-state index contributed by atoms with van der Waals surface area (Å²) in [6.45, 7) is 2.24. The molecule has 2 rings (SSSR count). The minimum absolute atomic E-state index is 0.370. The summed E-state index contributed by atoms with van der Waals surface area (Å²) in [6, 6.07) is 0. The molecule has 0 radical (unpaired) electrons. The maximum Gasteiger partial charge on any atom is 0.159 e. The largest absolute Gasteiger partial charge is 0.295 e. The van der Waals surface area contributed by atoms with Gasteiger partial charge in [0.1, 0.15) is 0 Å². The highest BCUT2D eigenvalue weighted by atomic mass is 16.1. The van der Waals surface area contributed by atoms with Gasteiger partial charge in [0.15, 0.2) is 5.78 Å². The Morgan fingerprint density at radius 2 is 2.30 bits per heavy atom. The fourth-order valence-corrected chi connectivity index (χ4v) is 2.21. The number of hydrogen-bond acceptors (Lipinski definition) is 1. The van der Waals surface area contributed by atoms with Gasteiger partial charge in [-0.3, -0.25) is 4.79 Å². The van der Waals surface area contributed by atoms with Gasteiger partial charge in [-0.1, -0.05) is 13.0 Å². The number of carbonyl (C=O) groups is 1. The van der Waals surface area contributed by atoms with Gasteiger partial charge in [0.2, 0.25) is 0 Å². The lowest BCUT2D eigenvalue weighted by Crippen LogP contribution is -2.11. The minimum Gasteiger partial charge on any atom is -0.295 e. The number of carbonyl (C=O) groups excluding carboxylic acids is 1. The molecule has 54 valence electrons. The van der Waals surface area contributed by atoms with Gasteiger partial charge >= 0.3 is 0 Å². The van der Waals surface area contributed by atoms with Gasteiger partial charge in [-0.15, -0.1) is 0 Å². The first-order valence-electron chi connectivity index (χ1n) is 4.01. The van der Waals surface area contributed by atoms with Gasteiger partial charge in [-0.2, -0.15) is 0 Å². The third-order valence-electron chi connectivity index (χ3n) is 2.90. The molecule has 0 aliphatic heterocycles. The van der Waals surface area contributed by atoms with Gasteiger partial charge in [-0.05, 0) is 30.8 Å². The van der Waals surface area contributed by atoms with Crippen molar-refractivity contribution in [3.05, 3.63) is 12.2 Å². The second kappa shape index (κ2) is 1.94. The molecule has 0 amide bonds. The Labute approximate surface area is 61.1 Å². The monoisotopic (exact) mass is 136 g/mol. The number of rotatable bonds is 0. The predicted octanol–water partition coefficient (Wildman–Crippen LogP) is 1.79. The van der Waals surface area contributed by atoms with Crippen molar-refractivity contribution in [2.45, 2.75) is 19.8 Å². The topological polar surface area (TPSA) is 17.1 Å². The van der Waals surface area contributed by atoms with Crippen LogP contribution in [0.1, 0.15) is 19.8 Å². The zero-order valence-electron chi connectivity index (χ0n) is 6.21. The summed E-state index contributed by atoms with van der Waals surface area (Å²) in [4.78, 5) is 11.1. The van der Waals surface area contributed by atoms with E-state index in [9.17, 15) is 4.79 Å². The normalized spacial score (nSPS) is 44.5. The second-order valence-electron chi connectivity index (χ2n) is 3.50. The highest BCUT2D eigenvalue weighted by molar-refractivity contribution is 5.94. The van der Waals surface area contributed by atoms with Crippen LogP contribution < -0.4 is 0 Å². The van der Waals surface area contributed by atoms with E-state index in [-0.39, 0.29) is 0 Å². The molecule has 0 saturated heterocycles. The molecule has 0 aromatic rings. The van der Waals surface area contributed by atoms with E-state index >= 15 is 0 Å². The Bertz CT molecular complexity index is 193. The molecule has 3 atom stereocenters. The fraction of sp³-hybridized carbons (Fsp3) is 0.667. The third-order valence-corrected chi connectivity index (χ3v) is 2.90. The van der Waals surface area contributed by atoms with Crippen molar-refractivity contribution >= 4 is 5.78 Å². The standard InChI is InChI=1S/C9H12O/c1-6-2-3-8-7(6)4-5-9(8)10/h4-8H,2-3H2,1H3/t6-,7-,8+/m1/s1. The van der Waals surface area contributed by atoms with Crippen LogP contribution in [0.15, 0.2) is 12.2 Å². The summed E-state index contributed by atoms with van der Waals surface area (Å²) in [5, 5.41) is 0. The van der Waals surface area contributed by atoms with Crippen LogP contribution in [0.25, 0.3) is 0 Å². The minimum atomic E-state index is 0.370. The van der Waals surface area contributed by atoms with Crippen LogP contribution in [-0.4, -0.2) is 5.78 Å². The molecule has 0 bridgehead atoms. The SMILES string of the molecule is C[C@@H]1CC[C@@H]2C(=O)C=C[C@H]12. The molecule has 1 nitrogen and oxygen atoms in total. The van der Waals surface area contributed by atoms with Crippen LogP contribution in [0.4, 0.5) is 0 Å². The van der Waals surface area contributed by atoms with E-state index in [0.717, 1.165) is 12.3 Å². The maximum absolute atomic E-state index is 11.1. The first-order valence-corrected chi connectivity index (χ1v) is 4.01. The lowest BCUT2D eigenvalue weighted by Gasteiger charge is -2.09. The molecular formula is C9H12O.